The van der Waals surface area contributed by atoms with Crippen LogP contribution < -0.4 is 4.90 Å². The number of hydrogen-bond acceptors (Lipinski definition) is 2. The molecule has 0 unspecified atom stereocenters. The first-order valence-corrected chi connectivity index (χ1v) is 5.04. The van der Waals surface area contributed by atoms with Crippen LogP contribution >= 0.6 is 0 Å². The maximum Gasteiger partial charge on any atom is 0.305 e. The van der Waals surface area contributed by atoms with Gasteiger partial charge in [0.05, 0.1) is 6.42 Å². The fraction of sp³-hybridized carbons (Fsp3) is 0.417. The van der Waals surface area contributed by atoms with E-state index in [4.69, 9.17) is 5.11 Å². The summed E-state index contributed by atoms with van der Waals surface area (Å²) in [5.41, 5.74) is 0.288. The molecule has 0 aliphatic carbocycles. The van der Waals surface area contributed by atoms with Crippen molar-refractivity contribution in [3.05, 3.63) is 30.1 Å². The van der Waals surface area contributed by atoms with Gasteiger partial charge in [0.15, 0.2) is 0 Å². The number of rotatable bonds is 4. The summed E-state index contributed by atoms with van der Waals surface area (Å²) in [6.45, 7) is 3.68. The smallest absolute Gasteiger partial charge is 0.305 e. The minimum atomic E-state index is -0.848. The van der Waals surface area contributed by atoms with Crippen LogP contribution in [0, 0.1) is 5.82 Å². The Morgan fingerprint density at radius 3 is 2.31 bits per heavy atom. The van der Waals surface area contributed by atoms with E-state index in [0.717, 1.165) is 5.69 Å². The van der Waals surface area contributed by atoms with Gasteiger partial charge in [-0.25, -0.2) is 4.39 Å². The summed E-state index contributed by atoms with van der Waals surface area (Å²) in [7, 11) is 1.80. The highest BCUT2D eigenvalue weighted by Crippen LogP contribution is 2.24. The SMILES string of the molecule is CN(c1ccc(F)cc1)C(C)(C)CC(=O)O. The van der Waals surface area contributed by atoms with Crippen LogP contribution in [0.15, 0.2) is 24.3 Å². The highest BCUT2D eigenvalue weighted by atomic mass is 19.1. The van der Waals surface area contributed by atoms with Crippen LogP contribution in [-0.4, -0.2) is 23.7 Å². The summed E-state index contributed by atoms with van der Waals surface area (Å²) >= 11 is 0. The first-order valence-electron chi connectivity index (χ1n) is 5.04. The molecule has 0 saturated carbocycles. The van der Waals surface area contributed by atoms with Crippen molar-refractivity contribution in [2.75, 3.05) is 11.9 Å². The molecule has 0 aliphatic heterocycles. The van der Waals surface area contributed by atoms with Gasteiger partial charge in [-0.1, -0.05) is 0 Å². The van der Waals surface area contributed by atoms with E-state index in [-0.39, 0.29) is 12.2 Å². The Balaban J connectivity index is 2.88. The van der Waals surface area contributed by atoms with Crippen LogP contribution in [0.1, 0.15) is 20.3 Å². The number of nitrogens with zero attached hydrogens (tertiary/aromatic N) is 1. The maximum absolute atomic E-state index is 12.7. The van der Waals surface area contributed by atoms with E-state index in [1.165, 1.54) is 12.1 Å². The van der Waals surface area contributed by atoms with E-state index in [1.807, 2.05) is 18.7 Å². The zero-order valence-corrected chi connectivity index (χ0v) is 9.70. The van der Waals surface area contributed by atoms with Crippen LogP contribution in [0.2, 0.25) is 0 Å². The number of carboxylic acid groups (broad SMARTS) is 1. The van der Waals surface area contributed by atoms with Crippen molar-refractivity contribution in [2.45, 2.75) is 25.8 Å². The highest BCUT2D eigenvalue weighted by molar-refractivity contribution is 5.69. The summed E-state index contributed by atoms with van der Waals surface area (Å²) < 4.78 is 12.7. The van der Waals surface area contributed by atoms with Gasteiger partial charge in [0.25, 0.3) is 0 Å². The van der Waals surface area contributed by atoms with Crippen LogP contribution in [0.4, 0.5) is 10.1 Å². The molecule has 0 amide bonds. The van der Waals surface area contributed by atoms with Gasteiger partial charge < -0.3 is 10.0 Å². The third-order valence-corrected chi connectivity index (χ3v) is 2.71. The number of anilines is 1. The van der Waals surface area contributed by atoms with Crippen molar-refractivity contribution in [1.29, 1.82) is 0 Å². The number of benzene rings is 1. The molecular weight excluding hydrogens is 209 g/mol. The van der Waals surface area contributed by atoms with Gasteiger partial charge in [0.1, 0.15) is 5.82 Å². The van der Waals surface area contributed by atoms with Gasteiger partial charge in [0, 0.05) is 18.3 Å². The Morgan fingerprint density at radius 1 is 1.38 bits per heavy atom. The van der Waals surface area contributed by atoms with E-state index >= 15 is 0 Å². The van der Waals surface area contributed by atoms with Gasteiger partial charge >= 0.3 is 5.97 Å². The molecule has 0 fully saturated rings. The average Bonchev–Trinajstić information content (AvgIpc) is 2.16. The van der Waals surface area contributed by atoms with Gasteiger partial charge in [-0.2, -0.15) is 0 Å². The van der Waals surface area contributed by atoms with Gasteiger partial charge in [-0.3, -0.25) is 4.79 Å². The monoisotopic (exact) mass is 225 g/mol. The normalized spacial score (nSPS) is 11.2. The van der Waals surface area contributed by atoms with Crippen molar-refractivity contribution < 1.29 is 14.3 Å². The molecule has 0 radical (unpaired) electrons. The highest BCUT2D eigenvalue weighted by Gasteiger charge is 2.26. The van der Waals surface area contributed by atoms with Crippen molar-refractivity contribution in [3.63, 3.8) is 0 Å². The minimum Gasteiger partial charge on any atom is -0.481 e. The third-order valence-electron chi connectivity index (χ3n) is 2.71. The molecule has 0 saturated heterocycles. The van der Waals surface area contributed by atoms with E-state index in [9.17, 15) is 9.18 Å². The molecule has 88 valence electrons. The molecule has 16 heavy (non-hydrogen) atoms. The Labute approximate surface area is 94.5 Å². The molecule has 0 atom stereocenters. The number of carboxylic acids is 1. The van der Waals surface area contributed by atoms with E-state index in [0.29, 0.717) is 0 Å². The summed E-state index contributed by atoms with van der Waals surface area (Å²) in [4.78, 5) is 12.6. The van der Waals surface area contributed by atoms with Crippen molar-refractivity contribution >= 4 is 11.7 Å². The first-order chi connectivity index (χ1) is 7.33. The molecule has 1 aromatic rings. The van der Waals surface area contributed by atoms with Crippen molar-refractivity contribution in [2.24, 2.45) is 0 Å². The molecule has 0 aromatic heterocycles. The summed E-state index contributed by atoms with van der Waals surface area (Å²) in [5.74, 6) is -1.15. The number of halogens is 1. The Morgan fingerprint density at radius 2 is 1.88 bits per heavy atom. The maximum atomic E-state index is 12.7. The Kier molecular flexibility index (Phi) is 3.52. The molecule has 1 N–H and O–H groups in total. The molecule has 3 nitrogen and oxygen atoms in total. The second kappa shape index (κ2) is 4.51. The van der Waals surface area contributed by atoms with E-state index in [1.54, 1.807) is 19.2 Å². The largest absolute Gasteiger partial charge is 0.481 e. The first kappa shape index (κ1) is 12.5. The summed E-state index contributed by atoms with van der Waals surface area (Å²) in [6, 6.07) is 6.00. The predicted molar refractivity (Wildman–Crippen MR) is 61.1 cm³/mol. The van der Waals surface area contributed by atoms with Crippen LogP contribution in [-0.2, 0) is 4.79 Å². The lowest BCUT2D eigenvalue weighted by Crippen LogP contribution is -2.43. The van der Waals surface area contributed by atoms with Gasteiger partial charge in [-0.05, 0) is 38.1 Å². The quantitative estimate of drug-likeness (QED) is 0.856. The van der Waals surface area contributed by atoms with E-state index < -0.39 is 11.5 Å². The van der Waals surface area contributed by atoms with Crippen molar-refractivity contribution in [3.8, 4) is 0 Å². The topological polar surface area (TPSA) is 40.5 Å². The van der Waals surface area contributed by atoms with Crippen LogP contribution in [0.25, 0.3) is 0 Å². The lowest BCUT2D eigenvalue weighted by atomic mass is 9.98. The second-order valence-electron chi connectivity index (χ2n) is 4.42. The summed E-state index contributed by atoms with van der Waals surface area (Å²) in [6.07, 6.45) is 0.0286. The third kappa shape index (κ3) is 2.95. The van der Waals surface area contributed by atoms with Crippen LogP contribution in [0.5, 0.6) is 0 Å². The minimum absolute atomic E-state index is 0.0286. The lowest BCUT2D eigenvalue weighted by Gasteiger charge is -2.36. The Bertz CT molecular complexity index is 373. The molecular formula is C12H16FNO2. The lowest BCUT2D eigenvalue weighted by molar-refractivity contribution is -0.138. The molecule has 0 bridgehead atoms. The van der Waals surface area contributed by atoms with Gasteiger partial charge in [0.2, 0.25) is 0 Å². The molecule has 1 aromatic carbocycles. The average molecular weight is 225 g/mol. The van der Waals surface area contributed by atoms with Crippen LogP contribution in [0.3, 0.4) is 0 Å². The number of carbonyl (C=O) groups is 1. The fourth-order valence-electron chi connectivity index (χ4n) is 1.50. The number of aliphatic carboxylic acids is 1. The molecule has 0 aliphatic rings. The van der Waals surface area contributed by atoms with Gasteiger partial charge in [-0.15, -0.1) is 0 Å². The molecule has 1 rings (SSSR count). The molecule has 0 heterocycles. The zero-order chi connectivity index (χ0) is 12.3. The van der Waals surface area contributed by atoms with E-state index in [2.05, 4.69) is 0 Å². The zero-order valence-electron chi connectivity index (χ0n) is 9.70. The predicted octanol–water partition coefficient (Wildman–Crippen LogP) is 2.52. The fourth-order valence-corrected chi connectivity index (χ4v) is 1.50. The number of hydrogen-bond donors (Lipinski definition) is 1. The summed E-state index contributed by atoms with van der Waals surface area (Å²) in [5, 5.41) is 8.80. The second-order valence-corrected chi connectivity index (χ2v) is 4.42. The standard InChI is InChI=1S/C12H16FNO2/c1-12(2,8-11(15)16)14(3)10-6-4-9(13)5-7-10/h4-7H,8H2,1-3H3,(H,15,16). The molecule has 4 heteroatoms. The molecule has 0 spiro atoms. The van der Waals surface area contributed by atoms with Crippen molar-refractivity contribution in [1.82, 2.24) is 0 Å². The Hall–Kier alpha value is -1.58.